The molecule has 1 unspecified atom stereocenters. The van der Waals surface area contributed by atoms with Gasteiger partial charge < -0.3 is 4.90 Å². The Morgan fingerprint density at radius 2 is 2.33 bits per heavy atom. The molecule has 2 heteroatoms. The van der Waals surface area contributed by atoms with Gasteiger partial charge in [0.25, 0.3) is 0 Å². The lowest BCUT2D eigenvalue weighted by Crippen LogP contribution is -2.27. The number of likely N-dealkylation sites (tertiary alicyclic amines) is 1. The fourth-order valence-corrected chi connectivity index (χ4v) is 1.67. The van der Waals surface area contributed by atoms with Crippen LogP contribution in [0.2, 0.25) is 0 Å². The maximum absolute atomic E-state index is 11.3. The molecule has 1 saturated heterocycles. The minimum absolute atomic E-state index is 0.177. The number of terminal acetylenes is 1. The normalized spacial score (nSPS) is 29.1. The summed E-state index contributed by atoms with van der Waals surface area (Å²) in [5, 5.41) is 0. The van der Waals surface area contributed by atoms with E-state index in [-0.39, 0.29) is 11.8 Å². The number of carbonyl (C=O) groups excluding carboxylic acids is 1. The highest BCUT2D eigenvalue weighted by Gasteiger charge is 2.32. The van der Waals surface area contributed by atoms with Crippen LogP contribution < -0.4 is 0 Å². The summed E-state index contributed by atoms with van der Waals surface area (Å²) in [5.41, 5.74) is 0. The van der Waals surface area contributed by atoms with Gasteiger partial charge in [0.1, 0.15) is 0 Å². The van der Waals surface area contributed by atoms with Gasteiger partial charge in [-0.25, -0.2) is 0 Å². The van der Waals surface area contributed by atoms with Crippen molar-refractivity contribution in [3.63, 3.8) is 0 Å². The molecule has 2 fully saturated rings. The molecule has 12 heavy (non-hydrogen) atoms. The zero-order valence-corrected chi connectivity index (χ0v) is 7.12. The molecule has 0 radical (unpaired) electrons. The first-order chi connectivity index (χ1) is 5.79. The maximum Gasteiger partial charge on any atom is 0.223 e. The molecule has 2 aliphatic rings. The van der Waals surface area contributed by atoms with Crippen LogP contribution >= 0.6 is 0 Å². The van der Waals surface area contributed by atoms with Gasteiger partial charge in [0.2, 0.25) is 5.91 Å². The van der Waals surface area contributed by atoms with E-state index in [1.165, 1.54) is 12.8 Å². The Balaban J connectivity index is 1.90. The second-order valence-electron chi connectivity index (χ2n) is 3.81. The first kappa shape index (κ1) is 7.67. The van der Waals surface area contributed by atoms with Gasteiger partial charge >= 0.3 is 0 Å². The van der Waals surface area contributed by atoms with Crippen molar-refractivity contribution in [2.45, 2.75) is 19.3 Å². The summed E-state index contributed by atoms with van der Waals surface area (Å²) in [5.74, 6) is 3.87. The molecule has 1 saturated carbocycles. The average molecular weight is 163 g/mol. The van der Waals surface area contributed by atoms with Crippen LogP contribution in [0.1, 0.15) is 19.3 Å². The van der Waals surface area contributed by atoms with Crippen molar-refractivity contribution in [1.29, 1.82) is 0 Å². The van der Waals surface area contributed by atoms with Crippen LogP contribution in [0.15, 0.2) is 0 Å². The largest absolute Gasteiger partial charge is 0.341 e. The molecular formula is C10H13NO. The Labute approximate surface area is 72.9 Å². The number of amides is 1. The van der Waals surface area contributed by atoms with Gasteiger partial charge in [0, 0.05) is 25.4 Å². The fourth-order valence-electron chi connectivity index (χ4n) is 1.67. The molecule has 1 aliphatic carbocycles. The van der Waals surface area contributed by atoms with Crippen molar-refractivity contribution in [3.8, 4) is 12.3 Å². The lowest BCUT2D eigenvalue weighted by molar-refractivity contribution is -0.127. The van der Waals surface area contributed by atoms with Crippen LogP contribution in [0.25, 0.3) is 0 Å². The van der Waals surface area contributed by atoms with E-state index in [4.69, 9.17) is 6.42 Å². The second kappa shape index (κ2) is 2.82. The van der Waals surface area contributed by atoms with Gasteiger partial charge in [0.15, 0.2) is 0 Å². The zero-order chi connectivity index (χ0) is 8.55. The predicted molar refractivity (Wildman–Crippen MR) is 46.2 cm³/mol. The Hall–Kier alpha value is -0.970. The van der Waals surface area contributed by atoms with Crippen molar-refractivity contribution in [2.75, 3.05) is 13.1 Å². The van der Waals surface area contributed by atoms with E-state index in [1.807, 2.05) is 4.90 Å². The summed E-state index contributed by atoms with van der Waals surface area (Å²) in [6.45, 7) is 1.75. The Kier molecular flexibility index (Phi) is 1.80. The van der Waals surface area contributed by atoms with Gasteiger partial charge in [-0.05, 0) is 18.8 Å². The lowest BCUT2D eigenvalue weighted by atomic mass is 10.1. The first-order valence-corrected chi connectivity index (χ1v) is 4.53. The van der Waals surface area contributed by atoms with E-state index in [9.17, 15) is 4.79 Å². The number of rotatable bonds is 2. The maximum atomic E-state index is 11.3. The van der Waals surface area contributed by atoms with Gasteiger partial charge in [0.05, 0.1) is 0 Å². The molecule has 1 aliphatic heterocycles. The molecule has 0 aromatic rings. The molecule has 64 valence electrons. The van der Waals surface area contributed by atoms with E-state index in [0.717, 1.165) is 19.0 Å². The van der Waals surface area contributed by atoms with Gasteiger partial charge in [-0.3, -0.25) is 4.79 Å². The summed E-state index contributed by atoms with van der Waals surface area (Å²) < 4.78 is 0. The second-order valence-corrected chi connectivity index (χ2v) is 3.81. The third kappa shape index (κ3) is 1.45. The van der Waals surface area contributed by atoms with Crippen LogP contribution in [0.3, 0.4) is 0 Å². The molecule has 1 atom stereocenters. The van der Waals surface area contributed by atoms with Crippen molar-refractivity contribution in [1.82, 2.24) is 4.90 Å². The molecule has 0 bridgehead atoms. The van der Waals surface area contributed by atoms with Crippen LogP contribution in [0.4, 0.5) is 0 Å². The minimum Gasteiger partial charge on any atom is -0.341 e. The van der Waals surface area contributed by atoms with E-state index in [2.05, 4.69) is 5.92 Å². The average Bonchev–Trinajstić information content (AvgIpc) is 2.78. The van der Waals surface area contributed by atoms with Crippen LogP contribution in [0.5, 0.6) is 0 Å². The summed E-state index contributed by atoms with van der Waals surface area (Å²) in [7, 11) is 0. The number of hydrogen-bond acceptors (Lipinski definition) is 1. The zero-order valence-electron chi connectivity index (χ0n) is 7.12. The van der Waals surface area contributed by atoms with Gasteiger partial charge in [-0.1, -0.05) is 0 Å². The van der Waals surface area contributed by atoms with Crippen molar-refractivity contribution in [3.05, 3.63) is 0 Å². The highest BCUT2D eigenvalue weighted by molar-refractivity contribution is 5.79. The molecule has 0 aromatic carbocycles. The standard InChI is InChI=1S/C10H13NO/c1-2-8-5-10(12)11(6-8)7-9-3-4-9/h1,8-9H,3-7H2. The third-order valence-electron chi connectivity index (χ3n) is 2.63. The third-order valence-corrected chi connectivity index (χ3v) is 2.63. The number of carbonyl (C=O) groups is 1. The van der Waals surface area contributed by atoms with Crippen LogP contribution in [-0.4, -0.2) is 23.9 Å². The summed E-state index contributed by atoms with van der Waals surface area (Å²) in [6, 6.07) is 0. The Morgan fingerprint density at radius 1 is 1.58 bits per heavy atom. The molecular weight excluding hydrogens is 150 g/mol. The first-order valence-electron chi connectivity index (χ1n) is 4.53. The number of nitrogens with zero attached hydrogens (tertiary/aromatic N) is 1. The van der Waals surface area contributed by atoms with Gasteiger partial charge in [-0.15, -0.1) is 12.3 Å². The molecule has 0 N–H and O–H groups in total. The summed E-state index contributed by atoms with van der Waals surface area (Å²) >= 11 is 0. The Morgan fingerprint density at radius 3 is 2.83 bits per heavy atom. The van der Waals surface area contributed by atoms with E-state index >= 15 is 0 Å². The molecule has 0 spiro atoms. The van der Waals surface area contributed by atoms with E-state index in [1.54, 1.807) is 0 Å². The van der Waals surface area contributed by atoms with Crippen molar-refractivity contribution >= 4 is 5.91 Å². The smallest absolute Gasteiger partial charge is 0.223 e. The predicted octanol–water partition coefficient (Wildman–Crippen LogP) is 0.878. The summed E-state index contributed by atoms with van der Waals surface area (Å²) in [4.78, 5) is 13.3. The molecule has 1 heterocycles. The van der Waals surface area contributed by atoms with E-state index < -0.39 is 0 Å². The van der Waals surface area contributed by atoms with E-state index in [0.29, 0.717) is 6.42 Å². The number of hydrogen-bond donors (Lipinski definition) is 0. The van der Waals surface area contributed by atoms with Crippen LogP contribution in [0, 0.1) is 24.2 Å². The fraction of sp³-hybridized carbons (Fsp3) is 0.700. The lowest BCUT2D eigenvalue weighted by Gasteiger charge is -2.14. The minimum atomic E-state index is 0.177. The van der Waals surface area contributed by atoms with Crippen molar-refractivity contribution < 1.29 is 4.79 Å². The SMILES string of the molecule is C#CC1CC(=O)N(CC2CC2)C1. The highest BCUT2D eigenvalue weighted by Crippen LogP contribution is 2.31. The summed E-state index contributed by atoms with van der Waals surface area (Å²) in [6.07, 6.45) is 8.44. The van der Waals surface area contributed by atoms with Gasteiger partial charge in [-0.2, -0.15) is 0 Å². The quantitative estimate of drug-likeness (QED) is 0.553. The molecule has 2 rings (SSSR count). The topological polar surface area (TPSA) is 20.3 Å². The van der Waals surface area contributed by atoms with Crippen LogP contribution in [-0.2, 0) is 4.79 Å². The molecule has 0 aromatic heterocycles. The monoisotopic (exact) mass is 163 g/mol. The highest BCUT2D eigenvalue weighted by atomic mass is 16.2. The molecule has 2 nitrogen and oxygen atoms in total. The Bertz CT molecular complexity index is 237. The van der Waals surface area contributed by atoms with Crippen molar-refractivity contribution in [2.24, 2.45) is 11.8 Å². The molecule has 1 amide bonds.